The molecule has 4 aliphatic rings. The predicted octanol–water partition coefficient (Wildman–Crippen LogP) is 5.09. The van der Waals surface area contributed by atoms with Crippen LogP contribution in [0.1, 0.15) is 49.0 Å². The number of methoxy groups -OCH3 is 2. The average Bonchev–Trinajstić information content (AvgIpc) is 3.55. The van der Waals surface area contributed by atoms with Gasteiger partial charge in [0, 0.05) is 23.7 Å². The third-order valence-electron chi connectivity index (χ3n) is 11.4. The van der Waals surface area contributed by atoms with Crippen LogP contribution in [-0.4, -0.2) is 93.7 Å². The molecule has 1 amide bonds. The molecule has 0 spiro atoms. The summed E-state index contributed by atoms with van der Waals surface area (Å²) in [7, 11) is 5.39. The fourth-order valence-electron chi connectivity index (χ4n) is 9.26. The van der Waals surface area contributed by atoms with Crippen LogP contribution in [0.2, 0.25) is 0 Å². The van der Waals surface area contributed by atoms with Gasteiger partial charge in [-0.3, -0.25) is 4.79 Å². The molecule has 0 radical (unpaired) electrons. The van der Waals surface area contributed by atoms with Crippen molar-refractivity contribution in [2.75, 3.05) is 48.5 Å². The van der Waals surface area contributed by atoms with Gasteiger partial charge < -0.3 is 24.4 Å². The minimum absolute atomic E-state index is 0.0251. The second-order valence-electron chi connectivity index (χ2n) is 15.7. The van der Waals surface area contributed by atoms with Gasteiger partial charge in [-0.15, -0.1) is 0 Å². The molecule has 8 rings (SSSR count). The molecule has 276 valence electrons. The van der Waals surface area contributed by atoms with E-state index in [2.05, 4.69) is 31.2 Å². The van der Waals surface area contributed by atoms with Crippen molar-refractivity contribution in [3.8, 4) is 28.4 Å². The van der Waals surface area contributed by atoms with Gasteiger partial charge in [0.1, 0.15) is 17.0 Å². The highest BCUT2D eigenvalue weighted by Gasteiger charge is 2.62. The van der Waals surface area contributed by atoms with Gasteiger partial charge in [-0.05, 0) is 86.1 Å². The van der Waals surface area contributed by atoms with Crippen molar-refractivity contribution in [1.82, 2.24) is 19.8 Å². The van der Waals surface area contributed by atoms with Crippen molar-refractivity contribution in [2.45, 2.75) is 49.0 Å². The number of fused-ring (bicyclic) bond motifs is 1. The number of carbonyl (C=O) groups excluding carboxylic acids is 1. The number of sulfonamides is 1. The van der Waals surface area contributed by atoms with E-state index in [1.54, 1.807) is 53.2 Å². The molecule has 4 aromatic rings. The van der Waals surface area contributed by atoms with Crippen molar-refractivity contribution in [2.24, 2.45) is 23.7 Å². The summed E-state index contributed by atoms with van der Waals surface area (Å²) in [5.41, 5.74) is 0.161. The van der Waals surface area contributed by atoms with Crippen LogP contribution in [0.4, 0.5) is 0 Å². The lowest BCUT2D eigenvalue weighted by atomic mass is 9.48. The number of carbonyl (C=O) groups is 2. The van der Waals surface area contributed by atoms with Crippen LogP contribution >= 0.6 is 0 Å². The Bertz CT molecular complexity index is 2090. The largest absolute Gasteiger partial charge is 0.496 e. The zero-order chi connectivity index (χ0) is 37.0. The average molecular weight is 731 g/mol. The molecule has 1 heterocycles. The second kappa shape index (κ2) is 13.5. The highest BCUT2D eigenvalue weighted by atomic mass is 32.2. The van der Waals surface area contributed by atoms with E-state index in [0.717, 1.165) is 43.1 Å². The van der Waals surface area contributed by atoms with Crippen molar-refractivity contribution in [1.29, 1.82) is 0 Å². The first-order chi connectivity index (χ1) is 24.8. The fourth-order valence-corrected chi connectivity index (χ4v) is 10.5. The Hall–Kier alpha value is -4.46. The lowest BCUT2D eigenvalue weighted by Gasteiger charge is -2.59. The Balaban J connectivity index is 1.33. The van der Waals surface area contributed by atoms with Gasteiger partial charge in [0.2, 0.25) is 10.0 Å². The molecular weight excluding hydrogens is 683 g/mol. The number of hydrogen-bond donors (Lipinski definition) is 3. The van der Waals surface area contributed by atoms with Gasteiger partial charge in [0.05, 0.1) is 63.7 Å². The Morgan fingerprint density at radius 1 is 0.904 bits per heavy atom. The number of quaternary nitrogens is 1. The summed E-state index contributed by atoms with van der Waals surface area (Å²) >= 11 is 0. The molecule has 12 nitrogen and oxygen atoms in total. The van der Waals surface area contributed by atoms with E-state index in [1.165, 1.54) is 14.2 Å². The summed E-state index contributed by atoms with van der Waals surface area (Å²) < 4.78 is 44.0. The summed E-state index contributed by atoms with van der Waals surface area (Å²) in [6.07, 6.45) is 5.00. The molecule has 4 fully saturated rings. The maximum atomic E-state index is 14.3. The van der Waals surface area contributed by atoms with E-state index >= 15 is 0 Å². The zero-order valence-electron chi connectivity index (χ0n) is 30.4. The zero-order valence-corrected chi connectivity index (χ0v) is 31.2. The molecule has 4 bridgehead atoms. The van der Waals surface area contributed by atoms with Gasteiger partial charge in [-0.25, -0.2) is 22.6 Å². The van der Waals surface area contributed by atoms with E-state index in [0.29, 0.717) is 64.0 Å². The molecule has 4 saturated carbocycles. The summed E-state index contributed by atoms with van der Waals surface area (Å²) in [5.74, 6) is 0.109. The van der Waals surface area contributed by atoms with E-state index < -0.39 is 27.4 Å². The number of carboxylic acid groups (broad SMARTS) is 1. The number of rotatable bonds is 13. The number of aromatic nitrogens is 2. The molecular formula is C39H48N5O7S+. The molecule has 52 heavy (non-hydrogen) atoms. The van der Waals surface area contributed by atoms with Crippen LogP contribution < -0.4 is 19.5 Å². The first-order valence-corrected chi connectivity index (χ1v) is 19.4. The minimum atomic E-state index is -3.88. The topological polar surface area (TPSA) is 149 Å². The maximum absolute atomic E-state index is 14.3. The van der Waals surface area contributed by atoms with E-state index in [-0.39, 0.29) is 22.4 Å². The molecule has 4 aliphatic carbocycles. The molecule has 1 aromatic heterocycles. The fraction of sp³-hybridized carbons (Fsp3) is 0.462. The molecule has 13 heteroatoms. The second-order valence-corrected chi connectivity index (χ2v) is 17.4. The first-order valence-electron chi connectivity index (χ1n) is 17.9. The van der Waals surface area contributed by atoms with Gasteiger partial charge >= 0.3 is 5.97 Å². The number of ether oxygens (including phenoxy) is 2. The number of nitrogens with one attached hydrogen (secondary N) is 2. The van der Waals surface area contributed by atoms with Crippen LogP contribution in [0.5, 0.6) is 11.5 Å². The Morgan fingerprint density at radius 2 is 1.52 bits per heavy atom. The van der Waals surface area contributed by atoms with Crippen LogP contribution in [0.25, 0.3) is 27.7 Å². The van der Waals surface area contributed by atoms with Crippen LogP contribution in [0, 0.1) is 23.7 Å². The number of benzene rings is 3. The first kappa shape index (κ1) is 35.9. The summed E-state index contributed by atoms with van der Waals surface area (Å²) in [6.45, 7) is 1.10. The third-order valence-corrected chi connectivity index (χ3v) is 12.9. The van der Waals surface area contributed by atoms with Gasteiger partial charge in [-0.1, -0.05) is 30.3 Å². The summed E-state index contributed by atoms with van der Waals surface area (Å²) in [6, 6.07) is 17.4. The monoisotopic (exact) mass is 730 g/mol. The van der Waals surface area contributed by atoms with Gasteiger partial charge in [0.25, 0.3) is 5.91 Å². The molecule has 3 N–H and O–H groups in total. The van der Waals surface area contributed by atoms with Crippen molar-refractivity contribution in [3.05, 3.63) is 66.4 Å². The van der Waals surface area contributed by atoms with Crippen LogP contribution in [0.15, 0.2) is 65.6 Å². The smallest absolute Gasteiger partial charge is 0.330 e. The maximum Gasteiger partial charge on any atom is 0.330 e. The third kappa shape index (κ3) is 6.32. The standard InChI is InChI=1S/C39H47N5O7S/c1-44(2,3)17-9-16-40-52(48,49)35-15-14-31(28-10-6-7-11-29(28)35)43-32(36-33(50-4)12-8-13-34(36)51-5)23-30(42-43)37(45)41-39(38(46)47)26-19-24-18-25(21-26)22-27(39)20-24/h6-8,10-15,23-27,40H,9,16-22H2,1-5H3,(H-,41,45,46,47)/p+1. The number of carboxylic acids is 1. The van der Waals surface area contributed by atoms with Crippen molar-refractivity contribution >= 4 is 32.7 Å². The quantitative estimate of drug-likeness (QED) is 0.127. The summed E-state index contributed by atoms with van der Waals surface area (Å²) in [4.78, 5) is 27.6. The van der Waals surface area contributed by atoms with Crippen LogP contribution in [-0.2, 0) is 14.8 Å². The highest BCUT2D eigenvalue weighted by molar-refractivity contribution is 7.89. The normalized spacial score (nSPS) is 23.9. The Morgan fingerprint density at radius 3 is 2.10 bits per heavy atom. The van der Waals surface area contributed by atoms with E-state index in [1.807, 2.05) is 12.1 Å². The molecule has 0 atom stereocenters. The van der Waals surface area contributed by atoms with Gasteiger partial charge in [0.15, 0.2) is 5.69 Å². The van der Waals surface area contributed by atoms with Crippen LogP contribution in [0.3, 0.4) is 0 Å². The number of amides is 1. The van der Waals surface area contributed by atoms with Gasteiger partial charge in [-0.2, -0.15) is 5.10 Å². The van der Waals surface area contributed by atoms with Crippen molar-refractivity contribution in [3.63, 3.8) is 0 Å². The van der Waals surface area contributed by atoms with E-state index in [9.17, 15) is 23.1 Å². The van der Waals surface area contributed by atoms with E-state index in [4.69, 9.17) is 14.6 Å². The summed E-state index contributed by atoms with van der Waals surface area (Å²) in [5, 5.41) is 19.7. The molecule has 0 unspecified atom stereocenters. The Kier molecular flexibility index (Phi) is 9.33. The number of nitrogens with zero attached hydrogens (tertiary/aromatic N) is 3. The predicted molar refractivity (Wildman–Crippen MR) is 197 cm³/mol. The highest BCUT2D eigenvalue weighted by Crippen LogP contribution is 2.58. The Labute approximate surface area is 304 Å². The SMILES string of the molecule is COc1cccc(OC)c1-c1cc(C(=O)NC2(C(=O)O)C3CC4CC(C3)CC2C4)nn1-c1ccc(S(=O)(=O)NCCC[N+](C)(C)C)c2ccccc12. The number of hydrogen-bond acceptors (Lipinski definition) is 7. The number of aliphatic carboxylic acids is 1. The molecule has 0 aliphatic heterocycles. The lowest BCUT2D eigenvalue weighted by Crippen LogP contribution is -2.70. The minimum Gasteiger partial charge on any atom is -0.496 e. The van der Waals surface area contributed by atoms with Crippen molar-refractivity contribution < 1.29 is 37.1 Å². The lowest BCUT2D eigenvalue weighted by molar-refractivity contribution is -0.870. The molecule has 3 aromatic carbocycles. The molecule has 0 saturated heterocycles.